The number of anilines is 1. The number of benzene rings is 1. The molecule has 0 spiro atoms. The second-order valence-electron chi connectivity index (χ2n) is 3.53. The maximum Gasteiger partial charge on any atom is 0.242 e. The van der Waals surface area contributed by atoms with Crippen LogP contribution in [-0.4, -0.2) is 24.4 Å². The lowest BCUT2D eigenvalue weighted by Gasteiger charge is -2.32. The second kappa shape index (κ2) is 4.11. The number of nitrogens with zero attached hydrogens (tertiary/aromatic N) is 1. The van der Waals surface area contributed by atoms with Crippen LogP contribution >= 0.6 is 11.6 Å². The predicted octanol–water partition coefficient (Wildman–Crippen LogP) is 2.04. The third kappa shape index (κ3) is 1.92. The summed E-state index contributed by atoms with van der Waals surface area (Å²) in [5, 5.41) is 0. The van der Waals surface area contributed by atoms with Gasteiger partial charge in [-0.05, 0) is 19.1 Å². The van der Waals surface area contributed by atoms with E-state index in [-0.39, 0.29) is 17.9 Å². The van der Waals surface area contributed by atoms with Crippen LogP contribution in [0.2, 0.25) is 0 Å². The maximum absolute atomic E-state index is 11.6. The molecule has 0 N–H and O–H groups in total. The average molecular weight is 226 g/mol. The van der Waals surface area contributed by atoms with Gasteiger partial charge in [0, 0.05) is 0 Å². The van der Waals surface area contributed by atoms with Gasteiger partial charge in [0.1, 0.15) is 17.7 Å². The average Bonchev–Trinajstić information content (AvgIpc) is 2.26. The van der Waals surface area contributed by atoms with Gasteiger partial charge in [0.15, 0.2) is 0 Å². The van der Waals surface area contributed by atoms with Gasteiger partial charge in [-0.25, -0.2) is 0 Å². The molecule has 1 atom stereocenters. The summed E-state index contributed by atoms with van der Waals surface area (Å²) in [4.78, 5) is 13.3. The van der Waals surface area contributed by atoms with Crippen molar-refractivity contribution in [1.82, 2.24) is 0 Å². The number of amides is 1. The number of hydrogen-bond acceptors (Lipinski definition) is 2. The Kier molecular flexibility index (Phi) is 2.82. The molecule has 0 aromatic heterocycles. The fraction of sp³-hybridized carbons (Fsp3) is 0.364. The lowest BCUT2D eigenvalue weighted by molar-refractivity contribution is -0.116. The highest BCUT2D eigenvalue weighted by atomic mass is 35.5. The normalized spacial score (nSPS) is 19.3. The van der Waals surface area contributed by atoms with Gasteiger partial charge in [-0.3, -0.25) is 4.79 Å². The highest BCUT2D eigenvalue weighted by molar-refractivity contribution is 6.29. The Bertz CT molecular complexity index is 381. The number of fused-ring (bicyclic) bond motifs is 1. The number of halogens is 1. The minimum atomic E-state index is -0.0840. The van der Waals surface area contributed by atoms with Crippen LogP contribution in [-0.2, 0) is 4.79 Å². The van der Waals surface area contributed by atoms with Crippen LogP contribution in [0.3, 0.4) is 0 Å². The highest BCUT2D eigenvalue weighted by Crippen LogP contribution is 2.32. The van der Waals surface area contributed by atoms with Crippen molar-refractivity contribution in [2.75, 3.05) is 17.3 Å². The van der Waals surface area contributed by atoms with Crippen LogP contribution in [0.1, 0.15) is 6.92 Å². The Morgan fingerprint density at radius 3 is 3.07 bits per heavy atom. The summed E-state index contributed by atoms with van der Waals surface area (Å²) in [6.07, 6.45) is 0.00654. The fourth-order valence-electron chi connectivity index (χ4n) is 1.70. The largest absolute Gasteiger partial charge is 0.487 e. The zero-order valence-corrected chi connectivity index (χ0v) is 9.20. The van der Waals surface area contributed by atoms with Crippen LogP contribution in [0.5, 0.6) is 5.75 Å². The van der Waals surface area contributed by atoms with E-state index in [9.17, 15) is 4.79 Å². The Morgan fingerprint density at radius 1 is 1.60 bits per heavy atom. The van der Waals surface area contributed by atoms with Crippen LogP contribution in [0.25, 0.3) is 0 Å². The lowest BCUT2D eigenvalue weighted by Crippen LogP contribution is -2.42. The molecule has 1 heterocycles. The van der Waals surface area contributed by atoms with Crippen molar-refractivity contribution in [2.24, 2.45) is 0 Å². The van der Waals surface area contributed by atoms with Crippen LogP contribution in [0.15, 0.2) is 24.3 Å². The Hall–Kier alpha value is -1.22. The van der Waals surface area contributed by atoms with Crippen molar-refractivity contribution in [3.05, 3.63) is 24.3 Å². The van der Waals surface area contributed by atoms with Crippen molar-refractivity contribution < 1.29 is 9.53 Å². The fourth-order valence-corrected chi connectivity index (χ4v) is 1.84. The van der Waals surface area contributed by atoms with E-state index in [1.54, 1.807) is 4.90 Å². The van der Waals surface area contributed by atoms with E-state index in [4.69, 9.17) is 16.3 Å². The molecule has 1 aliphatic rings. The summed E-state index contributed by atoms with van der Waals surface area (Å²) >= 11 is 5.57. The Labute approximate surface area is 93.6 Å². The molecule has 0 bridgehead atoms. The topological polar surface area (TPSA) is 29.5 Å². The number of hydrogen-bond donors (Lipinski definition) is 0. The van der Waals surface area contributed by atoms with E-state index in [1.165, 1.54) is 0 Å². The van der Waals surface area contributed by atoms with Crippen molar-refractivity contribution in [2.45, 2.75) is 13.0 Å². The summed E-state index contributed by atoms with van der Waals surface area (Å²) in [5.74, 6) is 0.662. The zero-order valence-electron chi connectivity index (χ0n) is 8.44. The first kappa shape index (κ1) is 10.3. The van der Waals surface area contributed by atoms with E-state index in [0.717, 1.165) is 11.4 Å². The summed E-state index contributed by atoms with van der Waals surface area (Å²) in [7, 11) is 0. The van der Waals surface area contributed by atoms with Gasteiger partial charge in [0.25, 0.3) is 0 Å². The summed E-state index contributed by atoms with van der Waals surface area (Å²) < 4.78 is 5.62. The third-order valence-corrected chi connectivity index (χ3v) is 2.57. The zero-order chi connectivity index (χ0) is 10.8. The summed E-state index contributed by atoms with van der Waals surface area (Å²) in [5.41, 5.74) is 0.807. The first-order chi connectivity index (χ1) is 7.22. The molecule has 0 saturated heterocycles. The molecule has 2 rings (SSSR count). The molecular weight excluding hydrogens is 214 g/mol. The predicted molar refractivity (Wildman–Crippen MR) is 59.6 cm³/mol. The van der Waals surface area contributed by atoms with Crippen molar-refractivity contribution in [3.63, 3.8) is 0 Å². The molecule has 15 heavy (non-hydrogen) atoms. The molecule has 1 amide bonds. The number of carbonyl (C=O) groups excluding carboxylic acids is 1. The quantitative estimate of drug-likeness (QED) is 0.685. The molecule has 0 unspecified atom stereocenters. The van der Waals surface area contributed by atoms with E-state index in [1.807, 2.05) is 31.2 Å². The monoisotopic (exact) mass is 225 g/mol. The van der Waals surface area contributed by atoms with Crippen LogP contribution in [0, 0.1) is 0 Å². The number of ether oxygens (including phenoxy) is 1. The van der Waals surface area contributed by atoms with Gasteiger partial charge in [0.05, 0.1) is 12.2 Å². The van der Waals surface area contributed by atoms with Crippen molar-refractivity contribution >= 4 is 23.2 Å². The van der Waals surface area contributed by atoms with Crippen molar-refractivity contribution in [1.29, 1.82) is 0 Å². The molecule has 4 heteroatoms. The van der Waals surface area contributed by atoms with Gasteiger partial charge in [-0.15, -0.1) is 11.6 Å². The first-order valence-electron chi connectivity index (χ1n) is 4.84. The molecule has 1 aromatic carbocycles. The molecule has 80 valence electrons. The van der Waals surface area contributed by atoms with E-state index < -0.39 is 0 Å². The standard InChI is InChI=1S/C11H12ClNO2/c1-8-7-13(11(14)6-12)9-4-2-3-5-10(9)15-8/h2-5,8H,6-7H2,1H3/t8-/m0/s1. The van der Waals surface area contributed by atoms with Crippen LogP contribution < -0.4 is 9.64 Å². The molecule has 0 aliphatic carbocycles. The Balaban J connectivity index is 2.38. The van der Waals surface area contributed by atoms with E-state index in [0.29, 0.717) is 6.54 Å². The van der Waals surface area contributed by atoms with E-state index >= 15 is 0 Å². The maximum atomic E-state index is 11.6. The smallest absolute Gasteiger partial charge is 0.242 e. The highest BCUT2D eigenvalue weighted by Gasteiger charge is 2.26. The molecule has 0 saturated carbocycles. The second-order valence-corrected chi connectivity index (χ2v) is 3.80. The molecule has 3 nitrogen and oxygen atoms in total. The molecule has 1 aromatic rings. The Morgan fingerprint density at radius 2 is 2.33 bits per heavy atom. The van der Waals surface area contributed by atoms with Gasteiger partial charge >= 0.3 is 0 Å². The SMILES string of the molecule is C[C@H]1CN(C(=O)CCl)c2ccccc2O1. The number of rotatable bonds is 1. The number of para-hydroxylation sites is 2. The minimum Gasteiger partial charge on any atom is -0.487 e. The number of carbonyl (C=O) groups is 1. The number of alkyl halides is 1. The molecule has 0 radical (unpaired) electrons. The van der Waals surface area contributed by atoms with E-state index in [2.05, 4.69) is 0 Å². The third-order valence-electron chi connectivity index (χ3n) is 2.34. The molecule has 1 aliphatic heterocycles. The van der Waals surface area contributed by atoms with Gasteiger partial charge in [-0.2, -0.15) is 0 Å². The first-order valence-corrected chi connectivity index (χ1v) is 5.38. The molecule has 0 fully saturated rings. The van der Waals surface area contributed by atoms with Gasteiger partial charge < -0.3 is 9.64 Å². The minimum absolute atomic E-state index is 0.00105. The summed E-state index contributed by atoms with van der Waals surface area (Å²) in [6.45, 7) is 2.49. The molecular formula is C11H12ClNO2. The van der Waals surface area contributed by atoms with Crippen molar-refractivity contribution in [3.8, 4) is 5.75 Å². The lowest BCUT2D eigenvalue weighted by atomic mass is 10.2. The summed E-state index contributed by atoms with van der Waals surface area (Å²) in [6, 6.07) is 7.50. The van der Waals surface area contributed by atoms with Gasteiger partial charge in [-0.1, -0.05) is 12.1 Å². The van der Waals surface area contributed by atoms with Crippen LogP contribution in [0.4, 0.5) is 5.69 Å². The van der Waals surface area contributed by atoms with Gasteiger partial charge in [0.2, 0.25) is 5.91 Å².